The first kappa shape index (κ1) is 19.9. The zero-order chi connectivity index (χ0) is 19.9. The molecule has 0 radical (unpaired) electrons. The van der Waals surface area contributed by atoms with E-state index in [0.29, 0.717) is 24.6 Å². The number of benzene rings is 1. The Kier molecular flexibility index (Phi) is 6.68. The highest BCUT2D eigenvalue weighted by Gasteiger charge is 2.28. The molecule has 1 aliphatic rings. The number of carbonyl (C=O) groups is 1. The number of aromatic nitrogens is 2. The summed E-state index contributed by atoms with van der Waals surface area (Å²) in [6, 6.07) is 5.80. The second-order valence-corrected chi connectivity index (χ2v) is 6.87. The van der Waals surface area contributed by atoms with Gasteiger partial charge in [0.25, 0.3) is 0 Å². The zero-order valence-electron chi connectivity index (χ0n) is 16.8. The maximum absolute atomic E-state index is 13.1. The Hall–Kier alpha value is -2.83. The van der Waals surface area contributed by atoms with Crippen LogP contribution in [0, 0.1) is 5.92 Å². The lowest BCUT2D eigenvalue weighted by Crippen LogP contribution is -2.42. The van der Waals surface area contributed by atoms with Crippen LogP contribution in [0.15, 0.2) is 36.8 Å². The third-order valence-corrected chi connectivity index (χ3v) is 5.23. The maximum Gasteiger partial charge on any atom is 0.226 e. The van der Waals surface area contributed by atoms with Crippen LogP contribution in [-0.4, -0.2) is 54.6 Å². The van der Waals surface area contributed by atoms with Gasteiger partial charge in [-0.2, -0.15) is 0 Å². The fourth-order valence-electron chi connectivity index (χ4n) is 3.61. The van der Waals surface area contributed by atoms with Crippen molar-refractivity contribution in [2.45, 2.75) is 26.3 Å². The molecule has 28 heavy (non-hydrogen) atoms. The molecule has 3 rings (SSSR count). The van der Waals surface area contributed by atoms with Crippen LogP contribution in [0.1, 0.15) is 25.3 Å². The number of rotatable bonds is 7. The fraction of sp³-hybridized carbons (Fsp3) is 0.476. The lowest BCUT2D eigenvalue weighted by Gasteiger charge is -2.34. The smallest absolute Gasteiger partial charge is 0.226 e. The molecule has 7 nitrogen and oxygen atoms in total. The summed E-state index contributed by atoms with van der Waals surface area (Å²) in [4.78, 5) is 25.7. The van der Waals surface area contributed by atoms with E-state index in [4.69, 9.17) is 9.47 Å². The van der Waals surface area contributed by atoms with E-state index < -0.39 is 0 Å². The molecule has 2 heterocycles. The molecular weight excluding hydrogens is 356 g/mol. The molecule has 0 saturated carbocycles. The van der Waals surface area contributed by atoms with Gasteiger partial charge in [-0.1, -0.05) is 6.07 Å². The van der Waals surface area contributed by atoms with Gasteiger partial charge < -0.3 is 19.3 Å². The molecule has 7 heteroatoms. The third kappa shape index (κ3) is 4.52. The van der Waals surface area contributed by atoms with Crippen molar-refractivity contribution in [1.82, 2.24) is 14.9 Å². The molecule has 2 aromatic rings. The van der Waals surface area contributed by atoms with Gasteiger partial charge in [0, 0.05) is 44.5 Å². The summed E-state index contributed by atoms with van der Waals surface area (Å²) in [5.74, 6) is 2.52. The minimum Gasteiger partial charge on any atom is -0.493 e. The summed E-state index contributed by atoms with van der Waals surface area (Å²) in [5, 5.41) is 0. The predicted octanol–water partition coefficient (Wildman–Crippen LogP) is 2.76. The molecule has 1 aliphatic heterocycles. The van der Waals surface area contributed by atoms with Crippen LogP contribution in [0.4, 0.5) is 5.82 Å². The minimum absolute atomic E-state index is 0.0491. The molecule has 0 unspecified atom stereocenters. The lowest BCUT2D eigenvalue weighted by atomic mass is 9.95. The van der Waals surface area contributed by atoms with Crippen molar-refractivity contribution in [2.24, 2.45) is 5.92 Å². The Morgan fingerprint density at radius 1 is 1.18 bits per heavy atom. The molecule has 0 N–H and O–H groups in total. The first-order valence-corrected chi connectivity index (χ1v) is 9.67. The van der Waals surface area contributed by atoms with Gasteiger partial charge >= 0.3 is 0 Å². The van der Waals surface area contributed by atoms with Gasteiger partial charge in [0.05, 0.1) is 20.4 Å². The van der Waals surface area contributed by atoms with E-state index in [2.05, 4.69) is 14.9 Å². The van der Waals surface area contributed by atoms with Crippen LogP contribution in [-0.2, 0) is 11.3 Å². The molecule has 1 aromatic heterocycles. The molecule has 1 aromatic carbocycles. The molecule has 1 fully saturated rings. The Morgan fingerprint density at radius 3 is 2.54 bits per heavy atom. The predicted molar refractivity (Wildman–Crippen MR) is 108 cm³/mol. The van der Waals surface area contributed by atoms with Gasteiger partial charge in [-0.3, -0.25) is 9.78 Å². The van der Waals surface area contributed by atoms with Gasteiger partial charge in [-0.25, -0.2) is 4.98 Å². The fourth-order valence-corrected chi connectivity index (χ4v) is 3.61. The Labute approximate surface area is 166 Å². The van der Waals surface area contributed by atoms with Crippen LogP contribution < -0.4 is 14.4 Å². The Balaban J connectivity index is 1.61. The Bertz CT molecular complexity index is 776. The Morgan fingerprint density at radius 2 is 1.93 bits per heavy atom. The van der Waals surface area contributed by atoms with E-state index in [1.807, 2.05) is 30.0 Å². The van der Waals surface area contributed by atoms with E-state index in [9.17, 15) is 4.79 Å². The average molecular weight is 384 g/mol. The van der Waals surface area contributed by atoms with Gasteiger partial charge in [-0.05, 0) is 37.5 Å². The van der Waals surface area contributed by atoms with Crippen LogP contribution in [0.25, 0.3) is 0 Å². The number of anilines is 1. The number of hydrogen-bond donors (Lipinski definition) is 0. The molecule has 0 aliphatic carbocycles. The quantitative estimate of drug-likeness (QED) is 0.731. The standard InChI is InChI=1S/C21H28N4O3/c1-4-24(15-16-5-6-18(27-2)19(13-16)28-3)21(26)17-7-11-25(12-8-17)20-14-22-9-10-23-20/h5-6,9-10,13-14,17H,4,7-8,11-12,15H2,1-3H3. The SMILES string of the molecule is CCN(Cc1ccc(OC)c(OC)c1)C(=O)C1CCN(c2cnccn2)CC1. The highest BCUT2D eigenvalue weighted by atomic mass is 16.5. The monoisotopic (exact) mass is 384 g/mol. The number of nitrogens with zero attached hydrogens (tertiary/aromatic N) is 4. The van der Waals surface area contributed by atoms with Crippen LogP contribution in [0.5, 0.6) is 11.5 Å². The van der Waals surface area contributed by atoms with Gasteiger partial charge in [0.2, 0.25) is 5.91 Å². The van der Waals surface area contributed by atoms with Crippen LogP contribution in [0.2, 0.25) is 0 Å². The van der Waals surface area contributed by atoms with E-state index in [1.54, 1.807) is 32.8 Å². The first-order chi connectivity index (χ1) is 13.7. The summed E-state index contributed by atoms with van der Waals surface area (Å²) in [5.41, 5.74) is 1.03. The molecule has 0 spiro atoms. The molecule has 150 valence electrons. The number of ether oxygens (including phenoxy) is 2. The summed E-state index contributed by atoms with van der Waals surface area (Å²) in [7, 11) is 3.24. The van der Waals surface area contributed by atoms with Crippen LogP contribution >= 0.6 is 0 Å². The maximum atomic E-state index is 13.1. The molecule has 1 saturated heterocycles. The topological polar surface area (TPSA) is 67.8 Å². The summed E-state index contributed by atoms with van der Waals surface area (Å²) in [6.07, 6.45) is 6.81. The van der Waals surface area contributed by atoms with Crippen molar-refractivity contribution >= 4 is 11.7 Å². The molecule has 1 amide bonds. The van der Waals surface area contributed by atoms with Crippen molar-refractivity contribution in [1.29, 1.82) is 0 Å². The minimum atomic E-state index is 0.0491. The zero-order valence-corrected chi connectivity index (χ0v) is 16.8. The van der Waals surface area contributed by atoms with E-state index in [1.165, 1.54) is 0 Å². The van der Waals surface area contributed by atoms with Crippen molar-refractivity contribution in [3.8, 4) is 11.5 Å². The largest absolute Gasteiger partial charge is 0.493 e. The van der Waals surface area contributed by atoms with Gasteiger partial charge in [0.15, 0.2) is 11.5 Å². The molecular formula is C21H28N4O3. The number of amides is 1. The second-order valence-electron chi connectivity index (χ2n) is 6.87. The average Bonchev–Trinajstić information content (AvgIpc) is 2.77. The van der Waals surface area contributed by atoms with Crippen molar-refractivity contribution in [3.05, 3.63) is 42.4 Å². The van der Waals surface area contributed by atoms with E-state index in [0.717, 1.165) is 37.3 Å². The number of methoxy groups -OCH3 is 2. The van der Waals surface area contributed by atoms with Gasteiger partial charge in [-0.15, -0.1) is 0 Å². The summed E-state index contributed by atoms with van der Waals surface area (Å²) in [6.45, 7) is 4.91. The van der Waals surface area contributed by atoms with Crippen molar-refractivity contribution in [3.63, 3.8) is 0 Å². The van der Waals surface area contributed by atoms with E-state index >= 15 is 0 Å². The number of hydrogen-bond acceptors (Lipinski definition) is 6. The molecule has 0 atom stereocenters. The highest BCUT2D eigenvalue weighted by molar-refractivity contribution is 5.79. The number of carbonyl (C=O) groups excluding carboxylic acids is 1. The normalized spacial score (nSPS) is 14.6. The lowest BCUT2D eigenvalue weighted by molar-refractivity contribution is -0.136. The highest BCUT2D eigenvalue weighted by Crippen LogP contribution is 2.29. The molecule has 0 bridgehead atoms. The van der Waals surface area contributed by atoms with Crippen molar-refractivity contribution < 1.29 is 14.3 Å². The van der Waals surface area contributed by atoms with Crippen LogP contribution in [0.3, 0.4) is 0 Å². The van der Waals surface area contributed by atoms with Crippen molar-refractivity contribution in [2.75, 3.05) is 38.8 Å². The second kappa shape index (κ2) is 9.39. The first-order valence-electron chi connectivity index (χ1n) is 9.67. The third-order valence-electron chi connectivity index (χ3n) is 5.23. The summed E-state index contributed by atoms with van der Waals surface area (Å²) >= 11 is 0. The summed E-state index contributed by atoms with van der Waals surface area (Å²) < 4.78 is 10.7. The van der Waals surface area contributed by atoms with Gasteiger partial charge in [0.1, 0.15) is 5.82 Å². The van der Waals surface area contributed by atoms with E-state index in [-0.39, 0.29) is 11.8 Å². The number of piperidine rings is 1.